The van der Waals surface area contributed by atoms with Gasteiger partial charge in [0, 0.05) is 6.42 Å². The summed E-state index contributed by atoms with van der Waals surface area (Å²) in [5.74, 6) is 0.201. The van der Waals surface area contributed by atoms with Gasteiger partial charge in [0.05, 0.1) is 0 Å². The molecule has 0 saturated carbocycles. The second-order valence-electron chi connectivity index (χ2n) is 3.49. The molecule has 0 fully saturated rings. The fraction of sp³-hybridized carbons (Fsp3) is 0.154. The predicted molar refractivity (Wildman–Crippen MR) is 57.2 cm³/mol. The number of rotatable bonds is 2. The average molecular weight is 183 g/mol. The molecule has 1 nitrogen and oxygen atoms in total. The zero-order chi connectivity index (χ0) is 9.97. The zero-order valence-electron chi connectivity index (χ0n) is 8.08. The quantitative estimate of drug-likeness (QED) is 0.699. The van der Waals surface area contributed by atoms with Crippen LogP contribution in [0.2, 0.25) is 0 Å². The lowest BCUT2D eigenvalue weighted by molar-refractivity contribution is -0.116. The molecule has 0 N–H and O–H groups in total. The molecule has 0 saturated heterocycles. The van der Waals surface area contributed by atoms with E-state index in [1.165, 1.54) is 10.8 Å². The van der Waals surface area contributed by atoms with Crippen molar-refractivity contribution < 1.29 is 4.79 Å². The molecular weight excluding hydrogens is 172 g/mol. The molecule has 0 atom stereocenters. The number of Topliss-reactive ketones (excluding diaryl/α,β-unsaturated/α-hetero) is 1. The van der Waals surface area contributed by atoms with Gasteiger partial charge in [-0.3, -0.25) is 4.79 Å². The van der Waals surface area contributed by atoms with Crippen LogP contribution < -0.4 is 0 Å². The fourth-order valence-electron chi connectivity index (χ4n) is 1.57. The molecule has 2 aromatic rings. The Balaban J connectivity index is 2.46. The van der Waals surface area contributed by atoms with Crippen molar-refractivity contribution in [1.82, 2.24) is 0 Å². The van der Waals surface area contributed by atoms with Gasteiger partial charge >= 0.3 is 0 Å². The molecule has 0 aliphatic heterocycles. The SMILES string of the molecule is CC(=O)Cc1ccc2c[c]ccc2c1. The van der Waals surface area contributed by atoms with Crippen LogP contribution >= 0.6 is 0 Å². The maximum atomic E-state index is 10.9. The van der Waals surface area contributed by atoms with Crippen LogP contribution in [0.5, 0.6) is 0 Å². The number of carbonyl (C=O) groups excluding carboxylic acids is 1. The molecule has 0 aliphatic rings. The van der Waals surface area contributed by atoms with E-state index in [1.54, 1.807) is 6.92 Å². The molecule has 0 bridgehead atoms. The standard InChI is InChI=1S/C13H11O/c1-10(14)8-11-6-7-12-4-2-3-5-13(12)9-11/h3-7,9H,8H2,1H3. The van der Waals surface area contributed by atoms with E-state index in [0.29, 0.717) is 6.42 Å². The van der Waals surface area contributed by atoms with Crippen molar-refractivity contribution in [3.8, 4) is 0 Å². The first-order chi connectivity index (χ1) is 6.75. The molecule has 0 aromatic heterocycles. The largest absolute Gasteiger partial charge is 0.300 e. The highest BCUT2D eigenvalue weighted by atomic mass is 16.1. The molecule has 0 spiro atoms. The van der Waals surface area contributed by atoms with Gasteiger partial charge < -0.3 is 0 Å². The number of hydrogen-bond acceptors (Lipinski definition) is 1. The maximum Gasteiger partial charge on any atom is 0.134 e. The minimum Gasteiger partial charge on any atom is -0.300 e. The Hall–Kier alpha value is -1.63. The molecule has 0 unspecified atom stereocenters. The number of hydrogen-bond donors (Lipinski definition) is 0. The van der Waals surface area contributed by atoms with Gasteiger partial charge in [-0.1, -0.05) is 30.3 Å². The van der Waals surface area contributed by atoms with Crippen LogP contribution in [0.25, 0.3) is 10.8 Å². The lowest BCUT2D eigenvalue weighted by Gasteiger charge is -2.00. The summed E-state index contributed by atoms with van der Waals surface area (Å²) < 4.78 is 0. The monoisotopic (exact) mass is 183 g/mol. The van der Waals surface area contributed by atoms with Crippen molar-refractivity contribution >= 4 is 16.6 Å². The van der Waals surface area contributed by atoms with Gasteiger partial charge in [0.25, 0.3) is 0 Å². The second kappa shape index (κ2) is 3.62. The second-order valence-corrected chi connectivity index (χ2v) is 3.49. The first kappa shape index (κ1) is 8.95. The minimum absolute atomic E-state index is 0.201. The summed E-state index contributed by atoms with van der Waals surface area (Å²) in [6, 6.07) is 15.0. The van der Waals surface area contributed by atoms with Crippen LogP contribution in [0.3, 0.4) is 0 Å². The maximum absolute atomic E-state index is 10.9. The van der Waals surface area contributed by atoms with Crippen molar-refractivity contribution in [2.75, 3.05) is 0 Å². The molecule has 1 heteroatoms. The van der Waals surface area contributed by atoms with Gasteiger partial charge in [0.1, 0.15) is 5.78 Å². The number of benzene rings is 2. The third-order valence-corrected chi connectivity index (χ3v) is 2.20. The Morgan fingerprint density at radius 2 is 2.14 bits per heavy atom. The third-order valence-electron chi connectivity index (χ3n) is 2.20. The van der Waals surface area contributed by atoms with Gasteiger partial charge in [0.15, 0.2) is 0 Å². The van der Waals surface area contributed by atoms with Gasteiger partial charge in [-0.05, 0) is 35.4 Å². The molecule has 0 aliphatic carbocycles. The first-order valence-corrected chi connectivity index (χ1v) is 4.64. The first-order valence-electron chi connectivity index (χ1n) is 4.64. The van der Waals surface area contributed by atoms with E-state index < -0.39 is 0 Å². The highest BCUT2D eigenvalue weighted by Gasteiger charge is 1.98. The predicted octanol–water partition coefficient (Wildman–Crippen LogP) is 2.77. The van der Waals surface area contributed by atoms with Gasteiger partial charge in [-0.25, -0.2) is 0 Å². The van der Waals surface area contributed by atoms with E-state index in [9.17, 15) is 4.79 Å². The summed E-state index contributed by atoms with van der Waals surface area (Å²) in [7, 11) is 0. The Labute approximate surface area is 83.4 Å². The van der Waals surface area contributed by atoms with E-state index >= 15 is 0 Å². The highest BCUT2D eigenvalue weighted by molar-refractivity contribution is 5.85. The van der Waals surface area contributed by atoms with E-state index in [1.807, 2.05) is 30.3 Å². The molecule has 1 radical (unpaired) electrons. The lowest BCUT2D eigenvalue weighted by Crippen LogP contribution is -1.95. The highest BCUT2D eigenvalue weighted by Crippen LogP contribution is 2.15. The third kappa shape index (κ3) is 1.82. The lowest BCUT2D eigenvalue weighted by atomic mass is 10.0. The summed E-state index contributed by atoms with van der Waals surface area (Å²) in [6.45, 7) is 1.61. The smallest absolute Gasteiger partial charge is 0.134 e. The van der Waals surface area contributed by atoms with Gasteiger partial charge in [-0.15, -0.1) is 0 Å². The average Bonchev–Trinajstić information content (AvgIpc) is 2.17. The molecular formula is C13H11O. The summed E-state index contributed by atoms with van der Waals surface area (Å²) >= 11 is 0. The van der Waals surface area contributed by atoms with Crippen LogP contribution in [0.15, 0.2) is 36.4 Å². The Morgan fingerprint density at radius 3 is 2.93 bits per heavy atom. The summed E-state index contributed by atoms with van der Waals surface area (Å²) in [5.41, 5.74) is 1.08. The number of carbonyl (C=O) groups is 1. The topological polar surface area (TPSA) is 17.1 Å². The van der Waals surface area contributed by atoms with E-state index in [2.05, 4.69) is 12.1 Å². The molecule has 14 heavy (non-hydrogen) atoms. The van der Waals surface area contributed by atoms with Crippen molar-refractivity contribution in [2.45, 2.75) is 13.3 Å². The Morgan fingerprint density at radius 1 is 1.29 bits per heavy atom. The van der Waals surface area contributed by atoms with Crippen molar-refractivity contribution in [3.05, 3.63) is 48.0 Å². The summed E-state index contributed by atoms with van der Waals surface area (Å²) in [4.78, 5) is 10.9. The molecule has 69 valence electrons. The number of ketones is 1. The van der Waals surface area contributed by atoms with Crippen LogP contribution in [0, 0.1) is 6.07 Å². The van der Waals surface area contributed by atoms with Crippen molar-refractivity contribution in [1.29, 1.82) is 0 Å². The fourth-order valence-corrected chi connectivity index (χ4v) is 1.57. The Bertz CT molecular complexity index is 471. The van der Waals surface area contributed by atoms with Gasteiger partial charge in [-0.2, -0.15) is 0 Å². The van der Waals surface area contributed by atoms with Gasteiger partial charge in [0.2, 0.25) is 0 Å². The zero-order valence-corrected chi connectivity index (χ0v) is 8.08. The van der Waals surface area contributed by atoms with Crippen LogP contribution in [0.1, 0.15) is 12.5 Å². The van der Waals surface area contributed by atoms with E-state index in [4.69, 9.17) is 0 Å². The summed E-state index contributed by atoms with van der Waals surface area (Å²) in [5, 5.41) is 2.34. The van der Waals surface area contributed by atoms with E-state index in [-0.39, 0.29) is 5.78 Å². The van der Waals surface area contributed by atoms with Crippen LogP contribution in [0.4, 0.5) is 0 Å². The Kier molecular flexibility index (Phi) is 2.32. The van der Waals surface area contributed by atoms with Crippen LogP contribution in [-0.2, 0) is 11.2 Å². The number of fused-ring (bicyclic) bond motifs is 1. The normalized spacial score (nSPS) is 10.4. The molecule has 0 amide bonds. The van der Waals surface area contributed by atoms with E-state index in [0.717, 1.165) is 5.56 Å². The minimum atomic E-state index is 0.201. The molecule has 2 aromatic carbocycles. The van der Waals surface area contributed by atoms with Crippen molar-refractivity contribution in [3.63, 3.8) is 0 Å². The molecule has 0 heterocycles. The van der Waals surface area contributed by atoms with Crippen molar-refractivity contribution in [2.24, 2.45) is 0 Å². The van der Waals surface area contributed by atoms with Crippen LogP contribution in [-0.4, -0.2) is 5.78 Å². The summed E-state index contributed by atoms with van der Waals surface area (Å²) in [6.07, 6.45) is 0.522. The molecule has 2 rings (SSSR count).